The number of rotatable bonds is 3. The first-order valence-corrected chi connectivity index (χ1v) is 6.94. The lowest BCUT2D eigenvalue weighted by Crippen LogP contribution is -2.20. The highest BCUT2D eigenvalue weighted by Gasteiger charge is 2.30. The van der Waals surface area contributed by atoms with E-state index < -0.39 is 0 Å². The Hall–Kier alpha value is -0.340. The summed E-state index contributed by atoms with van der Waals surface area (Å²) in [5.41, 5.74) is 1.62. The zero-order valence-corrected chi connectivity index (χ0v) is 10.4. The molecule has 1 unspecified atom stereocenters. The van der Waals surface area contributed by atoms with Crippen molar-refractivity contribution < 1.29 is 0 Å². The number of aryl methyl sites for hydroxylation is 1. The molecule has 0 bridgehead atoms. The fraction of sp³-hybridized carbons (Fsp3) is 0.692. The van der Waals surface area contributed by atoms with Crippen molar-refractivity contribution >= 4 is 11.3 Å². The lowest BCUT2D eigenvalue weighted by molar-refractivity contribution is 0.527. The maximum Gasteiger partial charge on any atom is 0.0337 e. The van der Waals surface area contributed by atoms with Crippen molar-refractivity contribution in [2.45, 2.75) is 57.5 Å². The second-order valence-corrected chi connectivity index (χ2v) is 6.38. The van der Waals surface area contributed by atoms with Crippen molar-refractivity contribution in [1.82, 2.24) is 5.32 Å². The lowest BCUT2D eigenvalue weighted by Gasteiger charge is -2.11. The van der Waals surface area contributed by atoms with Crippen LogP contribution in [-0.2, 0) is 6.42 Å². The van der Waals surface area contributed by atoms with Crippen LogP contribution in [0.5, 0.6) is 0 Å². The topological polar surface area (TPSA) is 12.0 Å². The van der Waals surface area contributed by atoms with E-state index in [2.05, 4.69) is 25.2 Å². The van der Waals surface area contributed by atoms with E-state index in [9.17, 15) is 0 Å². The summed E-state index contributed by atoms with van der Waals surface area (Å²) in [7, 11) is 0. The molecule has 0 amide bonds. The Labute approximate surface area is 95.9 Å². The molecule has 0 saturated heterocycles. The molecule has 1 atom stereocenters. The van der Waals surface area contributed by atoms with Gasteiger partial charge in [0.25, 0.3) is 0 Å². The van der Waals surface area contributed by atoms with E-state index in [4.69, 9.17) is 0 Å². The third kappa shape index (κ3) is 1.85. The number of nitrogens with one attached hydrogen (secondary N) is 1. The number of fused-ring (bicyclic) bond motifs is 1. The predicted molar refractivity (Wildman–Crippen MR) is 65.6 cm³/mol. The number of hydrogen-bond acceptors (Lipinski definition) is 2. The zero-order chi connectivity index (χ0) is 10.4. The van der Waals surface area contributed by atoms with Crippen LogP contribution in [0.2, 0.25) is 0 Å². The fourth-order valence-corrected chi connectivity index (χ4v) is 3.62. The van der Waals surface area contributed by atoms with Crippen LogP contribution in [-0.4, -0.2) is 6.04 Å². The average molecular weight is 221 g/mol. The van der Waals surface area contributed by atoms with Gasteiger partial charge in [0.05, 0.1) is 0 Å². The number of thiophene rings is 1. The summed E-state index contributed by atoms with van der Waals surface area (Å²) in [5, 5.41) is 3.77. The van der Waals surface area contributed by atoms with E-state index in [0.717, 1.165) is 6.04 Å². The van der Waals surface area contributed by atoms with E-state index in [0.29, 0.717) is 12.0 Å². The minimum atomic E-state index is 0.677. The van der Waals surface area contributed by atoms with Crippen LogP contribution in [0.1, 0.15) is 60.4 Å². The molecule has 0 spiro atoms. The molecule has 1 fully saturated rings. The molecule has 1 nitrogen and oxygen atoms in total. The van der Waals surface area contributed by atoms with Crippen molar-refractivity contribution in [1.29, 1.82) is 0 Å². The van der Waals surface area contributed by atoms with Crippen molar-refractivity contribution in [3.8, 4) is 0 Å². The molecule has 2 aliphatic rings. The summed E-state index contributed by atoms with van der Waals surface area (Å²) in [6.45, 7) is 4.59. The monoisotopic (exact) mass is 221 g/mol. The maximum absolute atomic E-state index is 3.77. The van der Waals surface area contributed by atoms with Gasteiger partial charge >= 0.3 is 0 Å². The van der Waals surface area contributed by atoms with E-state index in [1.54, 1.807) is 15.3 Å². The average Bonchev–Trinajstić information content (AvgIpc) is 2.76. The fourth-order valence-electron chi connectivity index (χ4n) is 2.38. The second kappa shape index (κ2) is 3.60. The van der Waals surface area contributed by atoms with Crippen molar-refractivity contribution in [3.05, 3.63) is 21.4 Å². The minimum Gasteiger partial charge on any atom is -0.307 e. The smallest absolute Gasteiger partial charge is 0.0337 e. The van der Waals surface area contributed by atoms with Crippen LogP contribution < -0.4 is 5.32 Å². The molecule has 0 aliphatic heterocycles. The first-order chi connectivity index (χ1) is 7.24. The van der Waals surface area contributed by atoms with Gasteiger partial charge in [0.2, 0.25) is 0 Å². The Balaban J connectivity index is 1.81. The van der Waals surface area contributed by atoms with Gasteiger partial charge in [-0.05, 0) is 43.2 Å². The highest BCUT2D eigenvalue weighted by atomic mass is 32.1. The van der Waals surface area contributed by atoms with E-state index in [-0.39, 0.29) is 0 Å². The van der Waals surface area contributed by atoms with Crippen LogP contribution in [0.25, 0.3) is 0 Å². The molecular weight excluding hydrogens is 202 g/mol. The molecule has 1 heterocycles. The lowest BCUT2D eigenvalue weighted by atomic mass is 10.1. The summed E-state index contributed by atoms with van der Waals surface area (Å²) >= 11 is 2.04. The Morgan fingerprint density at radius 1 is 1.33 bits per heavy atom. The van der Waals surface area contributed by atoms with Crippen molar-refractivity contribution in [2.75, 3.05) is 0 Å². The molecule has 82 valence electrons. The Morgan fingerprint density at radius 3 is 2.80 bits per heavy atom. The van der Waals surface area contributed by atoms with Crippen LogP contribution >= 0.6 is 11.3 Å². The highest BCUT2D eigenvalue weighted by Crippen LogP contribution is 2.41. The molecule has 15 heavy (non-hydrogen) atoms. The van der Waals surface area contributed by atoms with E-state index in [1.807, 2.05) is 11.3 Å². The van der Waals surface area contributed by atoms with Gasteiger partial charge < -0.3 is 5.32 Å². The van der Waals surface area contributed by atoms with Crippen molar-refractivity contribution in [3.63, 3.8) is 0 Å². The Bertz CT molecular complexity index is 363. The van der Waals surface area contributed by atoms with Gasteiger partial charge in [-0.1, -0.05) is 13.8 Å². The highest BCUT2D eigenvalue weighted by molar-refractivity contribution is 7.12. The van der Waals surface area contributed by atoms with Gasteiger partial charge in [-0.2, -0.15) is 0 Å². The third-order valence-electron chi connectivity index (χ3n) is 3.48. The first-order valence-electron chi connectivity index (χ1n) is 6.12. The third-order valence-corrected chi connectivity index (χ3v) is 4.99. The molecule has 1 saturated carbocycles. The van der Waals surface area contributed by atoms with Gasteiger partial charge in [0.15, 0.2) is 0 Å². The van der Waals surface area contributed by atoms with Gasteiger partial charge in [-0.15, -0.1) is 11.3 Å². The van der Waals surface area contributed by atoms with Crippen molar-refractivity contribution in [2.24, 2.45) is 0 Å². The summed E-state index contributed by atoms with van der Waals surface area (Å²) in [6, 6.07) is 3.97. The molecule has 1 aromatic heterocycles. The summed E-state index contributed by atoms with van der Waals surface area (Å²) in [4.78, 5) is 3.22. The number of hydrogen-bond donors (Lipinski definition) is 1. The van der Waals surface area contributed by atoms with Gasteiger partial charge in [0.1, 0.15) is 0 Å². The Morgan fingerprint density at radius 2 is 2.13 bits per heavy atom. The largest absolute Gasteiger partial charge is 0.307 e. The van der Waals surface area contributed by atoms with Crippen LogP contribution in [0.15, 0.2) is 6.07 Å². The predicted octanol–water partition coefficient (Wildman–Crippen LogP) is 3.61. The second-order valence-electron chi connectivity index (χ2n) is 5.21. The zero-order valence-electron chi connectivity index (χ0n) is 9.55. The Kier molecular flexibility index (Phi) is 2.37. The molecule has 2 aliphatic carbocycles. The normalized spacial score (nSPS) is 24.9. The molecule has 0 radical (unpaired) electrons. The summed E-state index contributed by atoms with van der Waals surface area (Å²) < 4.78 is 0. The summed E-state index contributed by atoms with van der Waals surface area (Å²) in [5.74, 6) is 0.696. The maximum atomic E-state index is 3.77. The quantitative estimate of drug-likeness (QED) is 0.822. The van der Waals surface area contributed by atoms with Crippen LogP contribution in [0.3, 0.4) is 0 Å². The minimum absolute atomic E-state index is 0.677. The summed E-state index contributed by atoms with van der Waals surface area (Å²) in [6.07, 6.45) is 5.42. The standard InChI is InChI=1S/C13H19NS/c1-8(2)13-7-10-11(14-9-3-4-9)5-6-12(10)15-13/h7-9,11,14H,3-6H2,1-2H3. The SMILES string of the molecule is CC(C)c1cc2c(s1)CCC2NC1CC1. The van der Waals surface area contributed by atoms with Crippen LogP contribution in [0, 0.1) is 0 Å². The van der Waals surface area contributed by atoms with E-state index >= 15 is 0 Å². The molecule has 1 aromatic rings. The van der Waals surface area contributed by atoms with E-state index in [1.165, 1.54) is 25.7 Å². The molecule has 2 heteroatoms. The molecule has 3 rings (SSSR count). The van der Waals surface area contributed by atoms with Gasteiger partial charge in [-0.25, -0.2) is 0 Å². The molecule has 0 aromatic carbocycles. The first kappa shape index (κ1) is 9.86. The molecular formula is C13H19NS. The van der Waals surface area contributed by atoms with Crippen LogP contribution in [0.4, 0.5) is 0 Å². The van der Waals surface area contributed by atoms with Gasteiger partial charge in [0, 0.05) is 21.8 Å². The van der Waals surface area contributed by atoms with Gasteiger partial charge in [-0.3, -0.25) is 0 Å². The molecule has 1 N–H and O–H groups in total.